The fourth-order valence-electron chi connectivity index (χ4n) is 7.20. The minimum Gasteiger partial charge on any atom is -0.394 e. The summed E-state index contributed by atoms with van der Waals surface area (Å²) in [5.74, 6) is -2.56. The molecule has 2 aromatic carbocycles. The third-order valence-electron chi connectivity index (χ3n) is 9.03. The van der Waals surface area contributed by atoms with E-state index in [0.717, 1.165) is 12.8 Å². The van der Waals surface area contributed by atoms with Gasteiger partial charge in [-0.3, -0.25) is 14.4 Å². The number of carbonyl (C=O) groups excluding carboxylic acids is 3. The van der Waals surface area contributed by atoms with Crippen molar-refractivity contribution in [2.45, 2.75) is 54.8 Å². The molecule has 1 N–H and O–H groups in total. The van der Waals surface area contributed by atoms with Gasteiger partial charge in [-0.05, 0) is 30.5 Å². The molecule has 0 saturated carbocycles. The number of amides is 3. The minimum absolute atomic E-state index is 0.241. The maximum absolute atomic E-state index is 14.7. The Balaban J connectivity index is 1.63. The highest BCUT2D eigenvalue weighted by atomic mass is 79.9. The van der Waals surface area contributed by atoms with Gasteiger partial charge in [-0.15, -0.1) is 13.2 Å². The van der Waals surface area contributed by atoms with E-state index in [-0.39, 0.29) is 35.7 Å². The lowest BCUT2D eigenvalue weighted by Gasteiger charge is -2.39. The van der Waals surface area contributed by atoms with Crippen molar-refractivity contribution in [3.63, 3.8) is 0 Å². The predicted molar refractivity (Wildman–Crippen MR) is 169 cm³/mol. The molecule has 3 heterocycles. The Morgan fingerprint density at radius 3 is 2.35 bits per heavy atom. The fourth-order valence-corrected chi connectivity index (χ4v) is 8.15. The Kier molecular flexibility index (Phi) is 9.54. The third-order valence-corrected chi connectivity index (χ3v) is 9.87. The summed E-state index contributed by atoms with van der Waals surface area (Å²) < 4.78 is 6.75. The molecule has 0 aromatic heterocycles. The first-order valence-electron chi connectivity index (χ1n) is 15.0. The van der Waals surface area contributed by atoms with E-state index in [0.29, 0.717) is 30.8 Å². The summed E-state index contributed by atoms with van der Waals surface area (Å²) in [4.78, 5) is 48.5. The summed E-state index contributed by atoms with van der Waals surface area (Å²) in [5.41, 5.74) is 0.166. The third kappa shape index (κ3) is 5.36. The first-order chi connectivity index (χ1) is 20.8. The highest BCUT2D eigenvalue weighted by Gasteiger charge is 2.77. The number of anilines is 1. The van der Waals surface area contributed by atoms with Gasteiger partial charge >= 0.3 is 0 Å². The molecule has 8 nitrogen and oxygen atoms in total. The molecular weight excluding hydrogens is 610 g/mol. The van der Waals surface area contributed by atoms with Crippen LogP contribution in [0.1, 0.15) is 37.8 Å². The number of carbonyl (C=O) groups is 3. The molecule has 7 atom stereocenters. The number of para-hydroxylation sites is 1. The van der Waals surface area contributed by atoms with Crippen LogP contribution in [0.4, 0.5) is 5.69 Å². The van der Waals surface area contributed by atoms with Crippen molar-refractivity contribution >= 4 is 39.3 Å². The van der Waals surface area contributed by atoms with E-state index in [1.165, 1.54) is 4.90 Å². The van der Waals surface area contributed by atoms with Gasteiger partial charge in [0, 0.05) is 30.1 Å². The van der Waals surface area contributed by atoms with E-state index in [1.807, 2.05) is 60.7 Å². The van der Waals surface area contributed by atoms with Crippen LogP contribution in [0.15, 0.2) is 86.0 Å². The molecular formula is C34H40BrN3O5. The second kappa shape index (κ2) is 13.2. The molecule has 0 aliphatic carbocycles. The standard InChI is InChI=1S/C34H40BrN3O5/c1-4-7-20-36(18-5-2)33(42)30-34-21-25(35)29(43-34)27(31(40)37(19-6-3)24-16-12-9-13-17-24)28(34)32(41)38(30)26(22-39)23-14-10-8-11-15-23/h5-6,8-17,25-30,39H,2-4,7,18-22H2,1H3/t25?,26-,27-,28+,29-,30?,34?/m1/s1. The molecule has 9 heteroatoms. The number of ether oxygens (including phenoxy) is 1. The lowest BCUT2D eigenvalue weighted by atomic mass is 9.70. The monoisotopic (exact) mass is 649 g/mol. The maximum Gasteiger partial charge on any atom is 0.248 e. The molecule has 3 aliphatic rings. The summed E-state index contributed by atoms with van der Waals surface area (Å²) in [6.07, 6.45) is 4.82. The van der Waals surface area contributed by atoms with Gasteiger partial charge in [-0.25, -0.2) is 0 Å². The Hall–Kier alpha value is -3.27. The number of aliphatic hydroxyl groups is 1. The molecule has 3 aliphatic heterocycles. The number of likely N-dealkylation sites (tertiary alicyclic amines) is 1. The van der Waals surface area contributed by atoms with Crippen LogP contribution in [0.5, 0.6) is 0 Å². The Morgan fingerprint density at radius 2 is 1.74 bits per heavy atom. The molecule has 0 radical (unpaired) electrons. The normalized spacial score (nSPS) is 27.9. The van der Waals surface area contributed by atoms with Gasteiger partial charge in [0.1, 0.15) is 11.6 Å². The molecule has 43 heavy (non-hydrogen) atoms. The SMILES string of the molecule is C=CCN(CCCC)C(=O)C1N([C@H](CO)c2ccccc2)C(=O)[C@@H]2[C@@H](C(=O)N(CC=C)c3ccccc3)[C@@H]3OC12CC3Br. The van der Waals surface area contributed by atoms with Gasteiger partial charge in [0.25, 0.3) is 0 Å². The van der Waals surface area contributed by atoms with E-state index >= 15 is 0 Å². The molecule has 2 bridgehead atoms. The summed E-state index contributed by atoms with van der Waals surface area (Å²) in [6.45, 7) is 10.5. The van der Waals surface area contributed by atoms with E-state index in [4.69, 9.17) is 4.74 Å². The van der Waals surface area contributed by atoms with Gasteiger partial charge in [-0.1, -0.05) is 90.0 Å². The van der Waals surface area contributed by atoms with Gasteiger partial charge in [0.15, 0.2) is 0 Å². The van der Waals surface area contributed by atoms with Crippen LogP contribution < -0.4 is 4.90 Å². The number of hydrogen-bond acceptors (Lipinski definition) is 5. The molecule has 3 fully saturated rings. The summed E-state index contributed by atoms with van der Waals surface area (Å²) in [5, 5.41) is 10.7. The van der Waals surface area contributed by atoms with E-state index in [9.17, 15) is 19.5 Å². The molecule has 3 saturated heterocycles. The van der Waals surface area contributed by atoms with Crippen LogP contribution in [-0.4, -0.2) is 81.4 Å². The first-order valence-corrected chi connectivity index (χ1v) is 15.9. The average Bonchev–Trinajstić information content (AvgIpc) is 3.62. The summed E-state index contributed by atoms with van der Waals surface area (Å²) in [6, 6.07) is 16.7. The van der Waals surface area contributed by atoms with Gasteiger partial charge in [-0.2, -0.15) is 0 Å². The Labute approximate surface area is 262 Å². The smallest absolute Gasteiger partial charge is 0.248 e. The van der Waals surface area contributed by atoms with Crippen molar-refractivity contribution in [1.82, 2.24) is 9.80 Å². The topological polar surface area (TPSA) is 90.4 Å². The maximum atomic E-state index is 14.7. The van der Waals surface area contributed by atoms with Crippen LogP contribution in [0.2, 0.25) is 0 Å². The number of aliphatic hydroxyl groups excluding tert-OH is 1. The Morgan fingerprint density at radius 1 is 1.09 bits per heavy atom. The van der Waals surface area contributed by atoms with E-state index in [1.54, 1.807) is 22.0 Å². The fraction of sp³-hybridized carbons (Fsp3) is 0.441. The van der Waals surface area contributed by atoms with Crippen molar-refractivity contribution in [2.75, 3.05) is 31.1 Å². The summed E-state index contributed by atoms with van der Waals surface area (Å²) in [7, 11) is 0. The van der Waals surface area contributed by atoms with Crippen molar-refractivity contribution < 1.29 is 24.2 Å². The van der Waals surface area contributed by atoms with Gasteiger partial charge in [0.2, 0.25) is 17.7 Å². The molecule has 3 unspecified atom stereocenters. The zero-order valence-electron chi connectivity index (χ0n) is 24.6. The lowest BCUT2D eigenvalue weighted by Crippen LogP contribution is -2.57. The average molecular weight is 651 g/mol. The molecule has 5 rings (SSSR count). The number of unbranched alkanes of at least 4 members (excludes halogenated alkanes) is 1. The van der Waals surface area contributed by atoms with Crippen LogP contribution in [-0.2, 0) is 19.1 Å². The Bertz CT molecular complexity index is 1340. The highest BCUT2D eigenvalue weighted by Crippen LogP contribution is 2.61. The predicted octanol–water partition coefficient (Wildman–Crippen LogP) is 4.50. The number of halogens is 1. The number of rotatable bonds is 13. The second-order valence-electron chi connectivity index (χ2n) is 11.5. The van der Waals surface area contributed by atoms with Gasteiger partial charge < -0.3 is 24.5 Å². The zero-order valence-corrected chi connectivity index (χ0v) is 26.1. The van der Waals surface area contributed by atoms with Crippen molar-refractivity contribution in [3.05, 3.63) is 91.5 Å². The number of alkyl halides is 1. The number of hydrogen-bond donors (Lipinski definition) is 1. The first kappa shape index (κ1) is 31.2. The largest absolute Gasteiger partial charge is 0.394 e. The molecule has 2 aromatic rings. The molecule has 228 valence electrons. The van der Waals surface area contributed by atoms with Crippen LogP contribution in [0.3, 0.4) is 0 Å². The number of benzene rings is 2. The second-order valence-corrected chi connectivity index (χ2v) is 12.7. The van der Waals surface area contributed by atoms with Crippen LogP contribution >= 0.6 is 15.9 Å². The zero-order chi connectivity index (χ0) is 30.7. The van der Waals surface area contributed by atoms with Crippen LogP contribution in [0, 0.1) is 11.8 Å². The highest BCUT2D eigenvalue weighted by molar-refractivity contribution is 9.09. The summed E-state index contributed by atoms with van der Waals surface area (Å²) >= 11 is 3.77. The van der Waals surface area contributed by atoms with Crippen molar-refractivity contribution in [1.29, 1.82) is 0 Å². The number of fused-ring (bicyclic) bond motifs is 1. The van der Waals surface area contributed by atoms with Crippen LogP contribution in [0.25, 0.3) is 0 Å². The van der Waals surface area contributed by atoms with Crippen molar-refractivity contribution in [2.24, 2.45) is 11.8 Å². The molecule has 3 amide bonds. The lowest BCUT2D eigenvalue weighted by molar-refractivity contribution is -0.151. The quantitative estimate of drug-likeness (QED) is 0.255. The van der Waals surface area contributed by atoms with Crippen molar-refractivity contribution in [3.8, 4) is 0 Å². The molecule has 1 spiro atoms. The minimum atomic E-state index is -1.24. The van der Waals surface area contributed by atoms with E-state index < -0.39 is 35.6 Å². The van der Waals surface area contributed by atoms with E-state index in [2.05, 4.69) is 36.0 Å². The van der Waals surface area contributed by atoms with Gasteiger partial charge in [0.05, 0.1) is 30.6 Å². The number of nitrogens with zero attached hydrogens (tertiary/aromatic N) is 3.